The number of rotatable bonds is 6. The summed E-state index contributed by atoms with van der Waals surface area (Å²) in [4.78, 5) is 27.6. The molecule has 31 heavy (non-hydrogen) atoms. The Morgan fingerprint density at radius 3 is 2.42 bits per heavy atom. The fourth-order valence-corrected chi connectivity index (χ4v) is 3.41. The van der Waals surface area contributed by atoms with Crippen molar-refractivity contribution in [1.29, 1.82) is 0 Å². The third-order valence-electron chi connectivity index (χ3n) is 5.11. The second-order valence-electron chi connectivity index (χ2n) is 7.39. The summed E-state index contributed by atoms with van der Waals surface area (Å²) in [6, 6.07) is 11.5. The first-order chi connectivity index (χ1) is 14.7. The molecule has 1 aliphatic rings. The number of nitrogens with two attached hydrogens (primary N) is 1. The number of amides is 2. The lowest BCUT2D eigenvalue weighted by Crippen LogP contribution is -2.38. The second kappa shape index (κ2) is 9.82. The fraction of sp³-hybridized carbons (Fsp3) is 0.364. The van der Waals surface area contributed by atoms with Gasteiger partial charge in [-0.25, -0.2) is 0 Å². The van der Waals surface area contributed by atoms with Crippen molar-refractivity contribution in [3.8, 4) is 5.75 Å². The molecule has 0 saturated carbocycles. The van der Waals surface area contributed by atoms with Gasteiger partial charge in [-0.05, 0) is 42.3 Å². The van der Waals surface area contributed by atoms with E-state index >= 15 is 0 Å². The van der Waals surface area contributed by atoms with Crippen LogP contribution in [-0.2, 0) is 17.5 Å². The van der Waals surface area contributed by atoms with Gasteiger partial charge in [0.2, 0.25) is 5.91 Å². The molecule has 0 radical (unpaired) electrons. The minimum absolute atomic E-state index is 0.152. The summed E-state index contributed by atoms with van der Waals surface area (Å²) in [5, 5.41) is 0. The Hall–Kier alpha value is -3.07. The first-order valence-corrected chi connectivity index (χ1v) is 9.91. The van der Waals surface area contributed by atoms with Crippen molar-refractivity contribution in [2.75, 3.05) is 32.8 Å². The molecule has 2 amide bonds. The summed E-state index contributed by atoms with van der Waals surface area (Å²) in [6.45, 7) is 2.81. The highest BCUT2D eigenvalue weighted by Gasteiger charge is 2.30. The number of alkyl halides is 3. The Balaban J connectivity index is 1.49. The summed E-state index contributed by atoms with van der Waals surface area (Å²) >= 11 is 0. The summed E-state index contributed by atoms with van der Waals surface area (Å²) in [5.74, 6) is -0.346. The number of hydrogen-bond acceptors (Lipinski definition) is 4. The van der Waals surface area contributed by atoms with Crippen molar-refractivity contribution < 1.29 is 27.5 Å². The van der Waals surface area contributed by atoms with Crippen LogP contribution in [0.5, 0.6) is 5.75 Å². The minimum Gasteiger partial charge on any atom is -0.484 e. The molecule has 2 aromatic rings. The molecule has 1 fully saturated rings. The van der Waals surface area contributed by atoms with Crippen molar-refractivity contribution in [2.45, 2.75) is 19.1 Å². The molecule has 6 nitrogen and oxygen atoms in total. The molecular formula is C22H24F3N3O3. The highest BCUT2D eigenvalue weighted by Crippen LogP contribution is 2.29. The average molecular weight is 435 g/mol. The SMILES string of the molecule is NC(=O)c1cccc(OCC(=O)N2CCCN(Cc3ccc(C(F)(F)F)cc3)CC2)c1. The van der Waals surface area contributed by atoms with E-state index in [1.807, 2.05) is 0 Å². The van der Waals surface area contributed by atoms with E-state index in [1.165, 1.54) is 18.2 Å². The third kappa shape index (κ3) is 6.45. The first kappa shape index (κ1) is 22.6. The Bertz CT molecular complexity index is 916. The van der Waals surface area contributed by atoms with Gasteiger partial charge in [0.25, 0.3) is 5.91 Å². The maximum absolute atomic E-state index is 12.7. The van der Waals surface area contributed by atoms with Gasteiger partial charge >= 0.3 is 6.18 Å². The number of halogens is 3. The van der Waals surface area contributed by atoms with Crippen LogP contribution in [0.15, 0.2) is 48.5 Å². The Morgan fingerprint density at radius 1 is 1.00 bits per heavy atom. The van der Waals surface area contributed by atoms with Gasteiger partial charge in [0, 0.05) is 38.3 Å². The van der Waals surface area contributed by atoms with Crippen LogP contribution < -0.4 is 10.5 Å². The zero-order valence-electron chi connectivity index (χ0n) is 16.9. The van der Waals surface area contributed by atoms with Crippen molar-refractivity contribution in [2.24, 2.45) is 5.73 Å². The molecule has 0 aromatic heterocycles. The number of benzene rings is 2. The Labute approximate surface area is 178 Å². The van der Waals surface area contributed by atoms with E-state index in [4.69, 9.17) is 10.5 Å². The quantitative estimate of drug-likeness (QED) is 0.757. The van der Waals surface area contributed by atoms with Crippen LogP contribution in [0.4, 0.5) is 13.2 Å². The van der Waals surface area contributed by atoms with Gasteiger partial charge in [-0.3, -0.25) is 14.5 Å². The average Bonchev–Trinajstić information content (AvgIpc) is 2.97. The minimum atomic E-state index is -4.34. The van der Waals surface area contributed by atoms with Gasteiger partial charge in [0.15, 0.2) is 6.61 Å². The molecule has 2 N–H and O–H groups in total. The van der Waals surface area contributed by atoms with E-state index in [1.54, 1.807) is 23.1 Å². The Kier molecular flexibility index (Phi) is 7.17. The standard InChI is InChI=1S/C22H24F3N3O3/c23-22(24,25)18-7-5-16(6-8-18)14-27-9-2-10-28(12-11-27)20(29)15-31-19-4-1-3-17(13-19)21(26)30/h1,3-8,13H,2,9-12,14-15H2,(H2,26,30). The molecule has 2 aromatic carbocycles. The lowest BCUT2D eigenvalue weighted by molar-refractivity contribution is -0.137. The van der Waals surface area contributed by atoms with Crippen molar-refractivity contribution in [1.82, 2.24) is 9.80 Å². The van der Waals surface area contributed by atoms with E-state index in [-0.39, 0.29) is 12.5 Å². The summed E-state index contributed by atoms with van der Waals surface area (Å²) in [7, 11) is 0. The van der Waals surface area contributed by atoms with Crippen LogP contribution in [-0.4, -0.2) is 54.4 Å². The predicted octanol–water partition coefficient (Wildman–Crippen LogP) is 2.92. The van der Waals surface area contributed by atoms with Crippen molar-refractivity contribution in [3.63, 3.8) is 0 Å². The van der Waals surface area contributed by atoms with Gasteiger partial charge in [-0.1, -0.05) is 18.2 Å². The first-order valence-electron chi connectivity index (χ1n) is 9.91. The van der Waals surface area contributed by atoms with Gasteiger partial charge in [0.05, 0.1) is 5.56 Å². The van der Waals surface area contributed by atoms with Crippen molar-refractivity contribution in [3.05, 3.63) is 65.2 Å². The highest BCUT2D eigenvalue weighted by molar-refractivity contribution is 5.93. The van der Waals surface area contributed by atoms with Crippen LogP contribution in [0.25, 0.3) is 0 Å². The normalized spacial score (nSPS) is 15.4. The molecule has 0 spiro atoms. The summed E-state index contributed by atoms with van der Waals surface area (Å²) in [6.07, 6.45) is -3.59. The van der Waals surface area contributed by atoms with Crippen LogP contribution in [0.3, 0.4) is 0 Å². The van der Waals surface area contributed by atoms with Crippen LogP contribution in [0.1, 0.15) is 27.9 Å². The molecular weight excluding hydrogens is 411 g/mol. The van der Waals surface area contributed by atoms with Crippen LogP contribution in [0, 0.1) is 0 Å². The maximum atomic E-state index is 12.7. The zero-order chi connectivity index (χ0) is 22.4. The highest BCUT2D eigenvalue weighted by atomic mass is 19.4. The van der Waals surface area contributed by atoms with Gasteiger partial charge in [0.1, 0.15) is 5.75 Å². The van der Waals surface area contributed by atoms with Crippen LogP contribution >= 0.6 is 0 Å². The zero-order valence-corrected chi connectivity index (χ0v) is 16.9. The number of hydrogen-bond donors (Lipinski definition) is 1. The lowest BCUT2D eigenvalue weighted by atomic mass is 10.1. The largest absolute Gasteiger partial charge is 0.484 e. The second-order valence-corrected chi connectivity index (χ2v) is 7.39. The number of ether oxygens (including phenoxy) is 1. The number of nitrogens with zero attached hydrogens (tertiary/aromatic N) is 2. The van der Waals surface area contributed by atoms with E-state index in [9.17, 15) is 22.8 Å². The third-order valence-corrected chi connectivity index (χ3v) is 5.11. The van der Waals surface area contributed by atoms with E-state index < -0.39 is 17.6 Å². The molecule has 0 bridgehead atoms. The summed E-state index contributed by atoms with van der Waals surface area (Å²) in [5.41, 5.74) is 5.68. The van der Waals surface area contributed by atoms with Crippen LogP contribution in [0.2, 0.25) is 0 Å². The summed E-state index contributed by atoms with van der Waals surface area (Å²) < 4.78 is 43.6. The predicted molar refractivity (Wildman–Crippen MR) is 108 cm³/mol. The molecule has 9 heteroatoms. The molecule has 0 aliphatic carbocycles. The lowest BCUT2D eigenvalue weighted by Gasteiger charge is -2.22. The van der Waals surface area contributed by atoms with E-state index in [0.29, 0.717) is 37.5 Å². The van der Waals surface area contributed by atoms with Gasteiger partial charge < -0.3 is 15.4 Å². The maximum Gasteiger partial charge on any atom is 0.416 e. The van der Waals surface area contributed by atoms with E-state index in [2.05, 4.69) is 4.90 Å². The topological polar surface area (TPSA) is 75.9 Å². The monoisotopic (exact) mass is 435 g/mol. The number of primary amides is 1. The molecule has 0 unspecified atom stereocenters. The van der Waals surface area contributed by atoms with E-state index in [0.717, 1.165) is 30.7 Å². The fourth-order valence-electron chi connectivity index (χ4n) is 3.41. The number of carbonyl (C=O) groups is 2. The smallest absolute Gasteiger partial charge is 0.416 e. The Morgan fingerprint density at radius 2 is 1.74 bits per heavy atom. The van der Waals surface area contributed by atoms with Crippen molar-refractivity contribution >= 4 is 11.8 Å². The molecule has 1 aliphatic heterocycles. The molecule has 1 heterocycles. The molecule has 166 valence electrons. The van der Waals surface area contributed by atoms with Gasteiger partial charge in [-0.2, -0.15) is 13.2 Å². The molecule has 0 atom stereocenters. The van der Waals surface area contributed by atoms with Gasteiger partial charge in [-0.15, -0.1) is 0 Å². The molecule has 3 rings (SSSR count). The molecule has 1 saturated heterocycles. The number of carbonyl (C=O) groups excluding carboxylic acids is 2.